The van der Waals surface area contributed by atoms with Crippen LogP contribution in [0.25, 0.3) is 0 Å². The van der Waals surface area contributed by atoms with E-state index in [0.717, 1.165) is 11.1 Å². The maximum atomic E-state index is 13.4. The number of aryl methyl sites for hydroxylation is 1. The average molecular weight is 417 g/mol. The van der Waals surface area contributed by atoms with Gasteiger partial charge in [-0.25, -0.2) is 12.8 Å². The minimum absolute atomic E-state index is 0.0143. The molecule has 0 spiro atoms. The highest BCUT2D eigenvalue weighted by Gasteiger charge is 2.36. The van der Waals surface area contributed by atoms with Gasteiger partial charge in [-0.2, -0.15) is 0 Å². The van der Waals surface area contributed by atoms with E-state index in [1.807, 2.05) is 25.1 Å². The number of halogens is 2. The van der Waals surface area contributed by atoms with Crippen molar-refractivity contribution < 1.29 is 12.8 Å². The first-order chi connectivity index (χ1) is 13.4. The number of fused-ring (bicyclic) bond motifs is 1. The van der Waals surface area contributed by atoms with Crippen LogP contribution >= 0.6 is 11.6 Å². The molecule has 1 unspecified atom stereocenters. The third kappa shape index (κ3) is 3.34. The monoisotopic (exact) mass is 416 g/mol. The molecule has 7 heteroatoms. The molecule has 1 heterocycles. The molecule has 0 aromatic heterocycles. The molecular weight excluding hydrogens is 399 g/mol. The predicted octanol–water partition coefficient (Wildman–Crippen LogP) is 5.15. The molecule has 0 fully saturated rings. The second-order valence-corrected chi connectivity index (χ2v) is 9.00. The van der Waals surface area contributed by atoms with Crippen molar-refractivity contribution in [1.29, 1.82) is 0 Å². The highest BCUT2D eigenvalue weighted by molar-refractivity contribution is 7.92. The number of para-hydroxylation sites is 1. The minimum atomic E-state index is -3.70. The maximum absolute atomic E-state index is 13.4. The Kier molecular flexibility index (Phi) is 4.77. The number of benzene rings is 3. The predicted molar refractivity (Wildman–Crippen MR) is 110 cm³/mol. The lowest BCUT2D eigenvalue weighted by molar-refractivity contribution is 0.590. The topological polar surface area (TPSA) is 49.4 Å². The van der Waals surface area contributed by atoms with Crippen molar-refractivity contribution in [3.63, 3.8) is 0 Å². The first kappa shape index (κ1) is 18.8. The summed E-state index contributed by atoms with van der Waals surface area (Å²) in [6.45, 7) is 2.14. The summed E-state index contributed by atoms with van der Waals surface area (Å²) < 4.78 is 41.3. The summed E-state index contributed by atoms with van der Waals surface area (Å²) in [6, 6.07) is 18.3. The summed E-state index contributed by atoms with van der Waals surface area (Å²) in [5.74, 6) is -0.498. The van der Waals surface area contributed by atoms with Crippen molar-refractivity contribution in [3.8, 4) is 0 Å². The van der Waals surface area contributed by atoms with Gasteiger partial charge < -0.3 is 5.32 Å². The quantitative estimate of drug-likeness (QED) is 0.639. The van der Waals surface area contributed by atoms with Crippen LogP contribution in [-0.4, -0.2) is 15.0 Å². The summed E-state index contributed by atoms with van der Waals surface area (Å²) in [7, 11) is -3.70. The Labute approximate surface area is 168 Å². The zero-order chi connectivity index (χ0) is 19.9. The number of hydrogen-bond acceptors (Lipinski definition) is 3. The fourth-order valence-corrected chi connectivity index (χ4v) is 5.03. The average Bonchev–Trinajstić information content (AvgIpc) is 3.05. The van der Waals surface area contributed by atoms with E-state index in [1.54, 1.807) is 36.4 Å². The lowest BCUT2D eigenvalue weighted by Crippen LogP contribution is -2.31. The fraction of sp³-hybridized carbons (Fsp3) is 0.143. The first-order valence-corrected chi connectivity index (χ1v) is 10.6. The van der Waals surface area contributed by atoms with Gasteiger partial charge in [-0.3, -0.25) is 4.31 Å². The van der Waals surface area contributed by atoms with E-state index in [4.69, 9.17) is 11.6 Å². The Hall–Kier alpha value is -2.57. The van der Waals surface area contributed by atoms with Crippen LogP contribution in [0.2, 0.25) is 5.02 Å². The molecule has 0 radical (unpaired) electrons. The number of nitrogens with zero attached hydrogens (tertiary/aromatic N) is 1. The van der Waals surface area contributed by atoms with E-state index in [1.165, 1.54) is 16.4 Å². The van der Waals surface area contributed by atoms with E-state index in [2.05, 4.69) is 5.32 Å². The number of rotatable bonds is 4. The molecule has 1 aliphatic rings. The van der Waals surface area contributed by atoms with Crippen LogP contribution in [0.15, 0.2) is 71.6 Å². The van der Waals surface area contributed by atoms with Gasteiger partial charge in [0.05, 0.1) is 28.2 Å². The van der Waals surface area contributed by atoms with Crippen LogP contribution in [0.1, 0.15) is 17.2 Å². The van der Waals surface area contributed by atoms with Crippen LogP contribution in [0, 0.1) is 12.7 Å². The number of sulfonamides is 1. The zero-order valence-corrected chi connectivity index (χ0v) is 16.6. The smallest absolute Gasteiger partial charge is 0.264 e. The van der Waals surface area contributed by atoms with Gasteiger partial charge in [0, 0.05) is 11.3 Å². The third-order valence-electron chi connectivity index (χ3n) is 4.80. The van der Waals surface area contributed by atoms with Crippen molar-refractivity contribution in [2.45, 2.75) is 17.9 Å². The number of anilines is 2. The van der Waals surface area contributed by atoms with Gasteiger partial charge in [0.15, 0.2) is 0 Å². The fourth-order valence-electron chi connectivity index (χ4n) is 3.35. The van der Waals surface area contributed by atoms with Crippen LogP contribution in [-0.2, 0) is 10.0 Å². The molecule has 144 valence electrons. The molecule has 0 saturated carbocycles. The van der Waals surface area contributed by atoms with Crippen LogP contribution in [0.5, 0.6) is 0 Å². The normalized spacial score (nSPS) is 16.1. The summed E-state index contributed by atoms with van der Waals surface area (Å²) in [4.78, 5) is 0.248. The third-order valence-corrected chi connectivity index (χ3v) is 6.88. The van der Waals surface area contributed by atoms with E-state index in [0.29, 0.717) is 11.4 Å². The molecular formula is C21H18ClFN2O2S. The maximum Gasteiger partial charge on any atom is 0.264 e. The van der Waals surface area contributed by atoms with Gasteiger partial charge in [-0.1, -0.05) is 47.5 Å². The Morgan fingerprint density at radius 1 is 1.07 bits per heavy atom. The minimum Gasteiger partial charge on any atom is -0.376 e. The Morgan fingerprint density at radius 3 is 2.50 bits per heavy atom. The second-order valence-electron chi connectivity index (χ2n) is 6.73. The van der Waals surface area contributed by atoms with Gasteiger partial charge in [-0.05, 0) is 43.3 Å². The highest BCUT2D eigenvalue weighted by atomic mass is 35.5. The van der Waals surface area contributed by atoms with Gasteiger partial charge in [0.25, 0.3) is 10.0 Å². The molecule has 0 amide bonds. The summed E-state index contributed by atoms with van der Waals surface area (Å²) in [5, 5.41) is 3.28. The lowest BCUT2D eigenvalue weighted by atomic mass is 10.1. The van der Waals surface area contributed by atoms with E-state index >= 15 is 0 Å². The molecule has 28 heavy (non-hydrogen) atoms. The second kappa shape index (κ2) is 7.11. The lowest BCUT2D eigenvalue weighted by Gasteiger charge is -2.20. The van der Waals surface area contributed by atoms with Crippen molar-refractivity contribution in [1.82, 2.24) is 0 Å². The molecule has 0 aliphatic carbocycles. The standard InChI is InChI=1S/C21H18ClFN2O2S/c1-14-6-9-16(10-7-14)28(26,27)25-13-20(17-4-2-3-5-21(17)25)24-15-8-11-19(23)18(22)12-15/h2-12,20,24H,13H2,1H3. The van der Waals surface area contributed by atoms with Crippen molar-refractivity contribution in [3.05, 3.63) is 88.7 Å². The Balaban J connectivity index is 1.69. The Bertz CT molecular complexity index is 1130. The van der Waals surface area contributed by atoms with Gasteiger partial charge in [0.2, 0.25) is 0 Å². The number of hydrogen-bond donors (Lipinski definition) is 1. The van der Waals surface area contributed by atoms with Crippen molar-refractivity contribution >= 4 is 33.0 Å². The zero-order valence-electron chi connectivity index (χ0n) is 15.1. The molecule has 1 atom stereocenters. The summed E-state index contributed by atoms with van der Waals surface area (Å²) >= 11 is 5.87. The van der Waals surface area contributed by atoms with E-state index in [-0.39, 0.29) is 22.5 Å². The summed E-state index contributed by atoms with van der Waals surface area (Å²) in [6.07, 6.45) is 0. The molecule has 3 aromatic rings. The molecule has 0 bridgehead atoms. The largest absolute Gasteiger partial charge is 0.376 e. The van der Waals surface area contributed by atoms with Crippen LogP contribution in [0.4, 0.5) is 15.8 Å². The van der Waals surface area contributed by atoms with Gasteiger partial charge in [-0.15, -0.1) is 0 Å². The van der Waals surface area contributed by atoms with Crippen molar-refractivity contribution in [2.24, 2.45) is 0 Å². The first-order valence-electron chi connectivity index (χ1n) is 8.76. The Morgan fingerprint density at radius 2 is 1.79 bits per heavy atom. The molecule has 4 nitrogen and oxygen atoms in total. The van der Waals surface area contributed by atoms with Gasteiger partial charge in [0.1, 0.15) is 5.82 Å². The molecule has 3 aromatic carbocycles. The highest BCUT2D eigenvalue weighted by Crippen LogP contribution is 2.40. The molecule has 0 saturated heterocycles. The molecule has 4 rings (SSSR count). The van der Waals surface area contributed by atoms with Crippen molar-refractivity contribution in [2.75, 3.05) is 16.2 Å². The SMILES string of the molecule is Cc1ccc(S(=O)(=O)N2CC(Nc3ccc(F)c(Cl)c3)c3ccccc32)cc1. The summed E-state index contributed by atoms with van der Waals surface area (Å²) in [5.41, 5.74) is 3.11. The van der Waals surface area contributed by atoms with E-state index < -0.39 is 15.8 Å². The van der Waals surface area contributed by atoms with E-state index in [9.17, 15) is 12.8 Å². The van der Waals surface area contributed by atoms with Gasteiger partial charge >= 0.3 is 0 Å². The van der Waals surface area contributed by atoms with Crippen LogP contribution in [0.3, 0.4) is 0 Å². The number of nitrogens with one attached hydrogen (secondary N) is 1. The molecule has 1 N–H and O–H groups in total. The van der Waals surface area contributed by atoms with Crippen LogP contribution < -0.4 is 9.62 Å². The molecule has 1 aliphatic heterocycles.